The highest BCUT2D eigenvalue weighted by Crippen LogP contribution is 2.08. The maximum atomic E-state index is 10.8. The van der Waals surface area contributed by atoms with Crippen molar-refractivity contribution < 1.29 is 38.8 Å². The maximum Gasteiger partial charge on any atom is 0.347 e. The van der Waals surface area contributed by atoms with Crippen LogP contribution in [0, 0.1) is 0 Å². The van der Waals surface area contributed by atoms with Crippen LogP contribution < -0.4 is 0 Å². The Morgan fingerprint density at radius 2 is 1.32 bits per heavy atom. The standard InChI is InChI=1S/C10H12O3.C7H8O.C6H8O4/c1-8(11)10(12)13-7-9-5-3-2-4-6-9;8-6-7-4-2-1-3-5-7;1-3-5(7)10-4(2)6(8)9-3/h2-6,8,11H,7H2,1H3;1-5,8H,6H2;3-4H,1-2H3. The largest absolute Gasteiger partial charge is 0.459 e. The summed E-state index contributed by atoms with van der Waals surface area (Å²) in [6.07, 6.45) is -2.55. The second kappa shape index (κ2) is 13.9. The van der Waals surface area contributed by atoms with Crippen molar-refractivity contribution in [2.75, 3.05) is 0 Å². The highest BCUT2D eigenvalue weighted by molar-refractivity contribution is 5.86. The number of aliphatic hydroxyl groups excluding tert-OH is 2. The molecular formula is C23H28O8. The van der Waals surface area contributed by atoms with E-state index < -0.39 is 36.2 Å². The molecule has 1 aliphatic rings. The zero-order valence-electron chi connectivity index (χ0n) is 17.8. The van der Waals surface area contributed by atoms with Gasteiger partial charge >= 0.3 is 17.9 Å². The lowest BCUT2D eigenvalue weighted by molar-refractivity contribution is -0.191. The van der Waals surface area contributed by atoms with Crippen LogP contribution in [0.1, 0.15) is 31.9 Å². The van der Waals surface area contributed by atoms with Crippen LogP contribution in [0.3, 0.4) is 0 Å². The van der Waals surface area contributed by atoms with E-state index in [4.69, 9.17) is 14.9 Å². The normalized spacial score (nSPS) is 18.1. The van der Waals surface area contributed by atoms with Crippen molar-refractivity contribution in [3.63, 3.8) is 0 Å². The van der Waals surface area contributed by atoms with E-state index in [1.807, 2.05) is 60.7 Å². The third kappa shape index (κ3) is 10.4. The van der Waals surface area contributed by atoms with E-state index in [-0.39, 0.29) is 13.2 Å². The molecule has 1 aliphatic heterocycles. The molecule has 1 heterocycles. The Bertz CT molecular complexity index is 785. The number of benzene rings is 2. The first-order valence-electron chi connectivity index (χ1n) is 9.69. The summed E-state index contributed by atoms with van der Waals surface area (Å²) in [5.74, 6) is -1.55. The van der Waals surface area contributed by atoms with Crippen molar-refractivity contribution in [1.82, 2.24) is 0 Å². The molecule has 0 radical (unpaired) electrons. The molecule has 168 valence electrons. The van der Waals surface area contributed by atoms with Gasteiger partial charge in [-0.1, -0.05) is 60.7 Å². The van der Waals surface area contributed by atoms with Crippen LogP contribution >= 0.6 is 0 Å². The minimum Gasteiger partial charge on any atom is -0.459 e. The van der Waals surface area contributed by atoms with Crippen LogP contribution in [0.5, 0.6) is 0 Å². The monoisotopic (exact) mass is 432 g/mol. The quantitative estimate of drug-likeness (QED) is 0.557. The van der Waals surface area contributed by atoms with E-state index in [9.17, 15) is 14.4 Å². The fourth-order valence-electron chi connectivity index (χ4n) is 2.07. The zero-order chi connectivity index (χ0) is 23.2. The average Bonchev–Trinajstić information content (AvgIpc) is 2.78. The summed E-state index contributed by atoms with van der Waals surface area (Å²) < 4.78 is 14.0. The molecule has 0 aliphatic carbocycles. The van der Waals surface area contributed by atoms with Crippen LogP contribution in [0.2, 0.25) is 0 Å². The summed E-state index contributed by atoms with van der Waals surface area (Å²) in [4.78, 5) is 32.1. The molecule has 0 amide bonds. The number of esters is 3. The molecule has 3 unspecified atom stereocenters. The predicted molar refractivity (Wildman–Crippen MR) is 111 cm³/mol. The molecule has 3 rings (SSSR count). The van der Waals surface area contributed by atoms with Crippen LogP contribution in [0.15, 0.2) is 60.7 Å². The summed E-state index contributed by atoms with van der Waals surface area (Å²) in [6.45, 7) is 4.69. The Hall–Kier alpha value is -3.23. The molecule has 2 aromatic rings. The molecule has 1 fully saturated rings. The Balaban J connectivity index is 0.000000240. The van der Waals surface area contributed by atoms with Crippen molar-refractivity contribution >= 4 is 17.9 Å². The molecule has 2 N–H and O–H groups in total. The number of aliphatic hydroxyl groups is 2. The van der Waals surface area contributed by atoms with Crippen molar-refractivity contribution in [2.45, 2.75) is 52.3 Å². The lowest BCUT2D eigenvalue weighted by atomic mass is 10.2. The van der Waals surface area contributed by atoms with Gasteiger partial charge in [-0.05, 0) is 31.9 Å². The molecule has 0 aromatic heterocycles. The lowest BCUT2D eigenvalue weighted by Gasteiger charge is -2.22. The summed E-state index contributed by atoms with van der Waals surface area (Å²) in [6, 6.07) is 18.9. The first-order valence-corrected chi connectivity index (χ1v) is 9.69. The summed E-state index contributed by atoms with van der Waals surface area (Å²) in [7, 11) is 0. The van der Waals surface area contributed by atoms with Gasteiger partial charge in [-0.3, -0.25) is 0 Å². The fraction of sp³-hybridized carbons (Fsp3) is 0.348. The number of hydrogen-bond acceptors (Lipinski definition) is 8. The van der Waals surface area contributed by atoms with Gasteiger partial charge in [0.25, 0.3) is 0 Å². The van der Waals surface area contributed by atoms with Crippen LogP contribution in [-0.4, -0.2) is 46.4 Å². The minimum absolute atomic E-state index is 0.140. The van der Waals surface area contributed by atoms with Gasteiger partial charge in [-0.2, -0.15) is 0 Å². The van der Waals surface area contributed by atoms with Gasteiger partial charge in [0.1, 0.15) is 12.7 Å². The predicted octanol–water partition coefficient (Wildman–Crippen LogP) is 2.15. The van der Waals surface area contributed by atoms with Gasteiger partial charge in [-0.15, -0.1) is 0 Å². The Morgan fingerprint density at radius 3 is 1.68 bits per heavy atom. The van der Waals surface area contributed by atoms with Crippen molar-refractivity contribution in [3.05, 3.63) is 71.8 Å². The number of cyclic esters (lactones) is 2. The second-order valence-electron chi connectivity index (χ2n) is 6.57. The van der Waals surface area contributed by atoms with Gasteiger partial charge < -0.3 is 24.4 Å². The van der Waals surface area contributed by atoms with Gasteiger partial charge in [0.15, 0.2) is 12.2 Å². The molecule has 31 heavy (non-hydrogen) atoms. The van der Waals surface area contributed by atoms with Gasteiger partial charge in [0, 0.05) is 0 Å². The van der Waals surface area contributed by atoms with E-state index in [0.29, 0.717) is 0 Å². The number of carbonyl (C=O) groups excluding carboxylic acids is 3. The first kappa shape index (κ1) is 25.8. The average molecular weight is 432 g/mol. The van der Waals surface area contributed by atoms with Gasteiger partial charge in [-0.25, -0.2) is 14.4 Å². The van der Waals surface area contributed by atoms with Gasteiger partial charge in [0.2, 0.25) is 0 Å². The highest BCUT2D eigenvalue weighted by Gasteiger charge is 2.32. The Morgan fingerprint density at radius 1 is 0.903 bits per heavy atom. The molecule has 8 heteroatoms. The van der Waals surface area contributed by atoms with Crippen molar-refractivity contribution in [3.8, 4) is 0 Å². The Labute approximate surface area is 181 Å². The van der Waals surface area contributed by atoms with Crippen LogP contribution in [-0.2, 0) is 41.8 Å². The zero-order valence-corrected chi connectivity index (χ0v) is 17.8. The van der Waals surface area contributed by atoms with E-state index >= 15 is 0 Å². The van der Waals surface area contributed by atoms with Crippen LogP contribution in [0.25, 0.3) is 0 Å². The molecule has 8 nitrogen and oxygen atoms in total. The topological polar surface area (TPSA) is 119 Å². The van der Waals surface area contributed by atoms with Gasteiger partial charge in [0.05, 0.1) is 6.61 Å². The molecule has 2 aromatic carbocycles. The molecule has 0 spiro atoms. The lowest BCUT2D eigenvalue weighted by Crippen LogP contribution is -2.40. The number of rotatable bonds is 4. The van der Waals surface area contributed by atoms with E-state index in [1.54, 1.807) is 0 Å². The first-order chi connectivity index (χ1) is 14.7. The molecule has 0 bridgehead atoms. The van der Waals surface area contributed by atoms with E-state index in [0.717, 1.165) is 11.1 Å². The number of hydrogen-bond donors (Lipinski definition) is 2. The summed E-state index contributed by atoms with van der Waals surface area (Å²) >= 11 is 0. The third-order valence-electron chi connectivity index (χ3n) is 3.84. The van der Waals surface area contributed by atoms with Crippen molar-refractivity contribution in [2.24, 2.45) is 0 Å². The smallest absolute Gasteiger partial charge is 0.347 e. The van der Waals surface area contributed by atoms with E-state index in [2.05, 4.69) is 9.47 Å². The van der Waals surface area contributed by atoms with Crippen LogP contribution in [0.4, 0.5) is 0 Å². The molecule has 1 saturated heterocycles. The molecule has 3 atom stereocenters. The van der Waals surface area contributed by atoms with Crippen molar-refractivity contribution in [1.29, 1.82) is 0 Å². The maximum absolute atomic E-state index is 10.8. The highest BCUT2D eigenvalue weighted by atomic mass is 16.6. The summed E-state index contributed by atoms with van der Waals surface area (Å²) in [5, 5.41) is 17.4. The minimum atomic E-state index is -1.05. The third-order valence-corrected chi connectivity index (χ3v) is 3.84. The second-order valence-corrected chi connectivity index (χ2v) is 6.57. The number of ether oxygens (including phenoxy) is 3. The summed E-state index contributed by atoms with van der Waals surface area (Å²) in [5.41, 5.74) is 1.88. The number of carbonyl (C=O) groups is 3. The SMILES string of the molecule is CC(O)C(=O)OCc1ccccc1.CC1OC(=O)C(C)OC1=O.OCc1ccccc1. The fourth-order valence-corrected chi connectivity index (χ4v) is 2.07. The molecule has 0 saturated carbocycles. The van der Waals surface area contributed by atoms with E-state index in [1.165, 1.54) is 20.8 Å². The molecular weight excluding hydrogens is 404 g/mol. The Kier molecular flexibility index (Phi) is 11.6.